The van der Waals surface area contributed by atoms with Crippen molar-refractivity contribution in [2.24, 2.45) is 0 Å². The lowest BCUT2D eigenvalue weighted by molar-refractivity contribution is -0.131. The Hall–Kier alpha value is -2.57. The Bertz CT molecular complexity index is 667. The normalized spacial score (nSPS) is 17.4. The summed E-state index contributed by atoms with van der Waals surface area (Å²) in [6.45, 7) is 8.33. The number of esters is 1. The number of amides is 3. The summed E-state index contributed by atoms with van der Waals surface area (Å²) in [6.07, 6.45) is 0.268. The van der Waals surface area contributed by atoms with Crippen LogP contribution in [0.1, 0.15) is 44.5 Å². The minimum atomic E-state index is -0.492. The summed E-state index contributed by atoms with van der Waals surface area (Å²) >= 11 is 0. The molecule has 7 heteroatoms. The summed E-state index contributed by atoms with van der Waals surface area (Å²) in [5, 5.41) is 5.46. The van der Waals surface area contributed by atoms with Crippen LogP contribution in [0.5, 0.6) is 0 Å². The molecule has 1 heterocycles. The van der Waals surface area contributed by atoms with Gasteiger partial charge in [-0.1, -0.05) is 12.1 Å². The molecule has 0 aromatic heterocycles. The number of nitrogens with zero attached hydrogens (tertiary/aromatic N) is 1. The molecule has 0 saturated carbocycles. The van der Waals surface area contributed by atoms with Crippen LogP contribution >= 0.6 is 0 Å². The van der Waals surface area contributed by atoms with E-state index in [1.54, 1.807) is 36.1 Å². The number of para-hydroxylation sites is 1. The molecule has 1 aliphatic rings. The van der Waals surface area contributed by atoms with Crippen LogP contribution < -0.4 is 10.6 Å². The third-order valence-corrected chi connectivity index (χ3v) is 3.94. The summed E-state index contributed by atoms with van der Waals surface area (Å²) in [7, 11) is 0. The summed E-state index contributed by atoms with van der Waals surface area (Å²) in [6, 6.07) is 5.93. The molecule has 1 saturated heterocycles. The van der Waals surface area contributed by atoms with Crippen LogP contribution in [0.25, 0.3) is 0 Å². The fourth-order valence-corrected chi connectivity index (χ4v) is 2.78. The minimum Gasteiger partial charge on any atom is -0.462 e. The van der Waals surface area contributed by atoms with Crippen molar-refractivity contribution in [2.75, 3.05) is 18.5 Å². The highest BCUT2D eigenvalue weighted by molar-refractivity contribution is 6.01. The number of nitrogens with one attached hydrogen (secondary N) is 2. The maximum absolute atomic E-state index is 12.3. The first-order chi connectivity index (χ1) is 11.7. The number of benzene rings is 1. The van der Waals surface area contributed by atoms with Gasteiger partial charge in [0, 0.05) is 18.5 Å². The number of rotatable bonds is 4. The van der Waals surface area contributed by atoms with Crippen LogP contribution in [-0.2, 0) is 9.53 Å². The topological polar surface area (TPSA) is 87.7 Å². The highest BCUT2D eigenvalue weighted by atomic mass is 16.5. The van der Waals surface area contributed by atoms with Gasteiger partial charge in [-0.15, -0.1) is 0 Å². The molecule has 0 aliphatic carbocycles. The molecular weight excluding hydrogens is 322 g/mol. The Morgan fingerprint density at radius 3 is 2.56 bits per heavy atom. The molecule has 3 amide bonds. The smallest absolute Gasteiger partial charge is 0.340 e. The summed E-state index contributed by atoms with van der Waals surface area (Å²) < 4.78 is 4.99. The van der Waals surface area contributed by atoms with E-state index in [1.165, 1.54) is 0 Å². The van der Waals surface area contributed by atoms with Crippen molar-refractivity contribution in [3.63, 3.8) is 0 Å². The van der Waals surface area contributed by atoms with Gasteiger partial charge in [-0.05, 0) is 39.8 Å². The van der Waals surface area contributed by atoms with Crippen molar-refractivity contribution in [3.8, 4) is 0 Å². The van der Waals surface area contributed by atoms with Gasteiger partial charge in [0.25, 0.3) is 0 Å². The van der Waals surface area contributed by atoms with Crippen LogP contribution in [0, 0.1) is 0 Å². The number of urea groups is 1. The van der Waals surface area contributed by atoms with E-state index in [-0.39, 0.29) is 30.5 Å². The van der Waals surface area contributed by atoms with E-state index >= 15 is 0 Å². The van der Waals surface area contributed by atoms with Crippen LogP contribution in [0.2, 0.25) is 0 Å². The van der Waals surface area contributed by atoms with Crippen molar-refractivity contribution in [3.05, 3.63) is 29.8 Å². The van der Waals surface area contributed by atoms with Gasteiger partial charge in [-0.2, -0.15) is 0 Å². The van der Waals surface area contributed by atoms with Gasteiger partial charge in [0.15, 0.2) is 0 Å². The average molecular weight is 347 g/mol. The molecule has 1 unspecified atom stereocenters. The van der Waals surface area contributed by atoms with Crippen LogP contribution in [0.15, 0.2) is 24.3 Å². The van der Waals surface area contributed by atoms with Crippen molar-refractivity contribution in [1.29, 1.82) is 0 Å². The quantitative estimate of drug-likeness (QED) is 0.819. The van der Waals surface area contributed by atoms with Gasteiger partial charge < -0.3 is 20.3 Å². The molecule has 136 valence electrons. The number of carbonyl (C=O) groups is 3. The fourth-order valence-electron chi connectivity index (χ4n) is 2.78. The number of hydrogen-bond donors (Lipinski definition) is 2. The molecule has 1 aromatic rings. The van der Waals surface area contributed by atoms with Crippen LogP contribution in [0.4, 0.5) is 10.5 Å². The number of anilines is 1. The molecule has 1 fully saturated rings. The lowest BCUT2D eigenvalue weighted by Crippen LogP contribution is -2.45. The van der Waals surface area contributed by atoms with Crippen molar-refractivity contribution >= 4 is 23.6 Å². The van der Waals surface area contributed by atoms with E-state index in [0.717, 1.165) is 0 Å². The second-order valence-corrected chi connectivity index (χ2v) is 6.94. The van der Waals surface area contributed by atoms with E-state index in [0.29, 0.717) is 17.8 Å². The number of ether oxygens (including phenoxy) is 1. The van der Waals surface area contributed by atoms with E-state index in [9.17, 15) is 14.4 Å². The van der Waals surface area contributed by atoms with E-state index in [1.807, 2.05) is 20.8 Å². The largest absolute Gasteiger partial charge is 0.462 e. The first-order valence-electron chi connectivity index (χ1n) is 8.36. The van der Waals surface area contributed by atoms with E-state index in [4.69, 9.17) is 4.74 Å². The highest BCUT2D eigenvalue weighted by Gasteiger charge is 2.36. The Kier molecular flexibility index (Phi) is 5.66. The Morgan fingerprint density at radius 1 is 1.28 bits per heavy atom. The van der Waals surface area contributed by atoms with Gasteiger partial charge in [0.1, 0.15) is 0 Å². The van der Waals surface area contributed by atoms with Gasteiger partial charge in [0.2, 0.25) is 5.91 Å². The Morgan fingerprint density at radius 2 is 1.96 bits per heavy atom. The molecule has 1 aliphatic heterocycles. The van der Waals surface area contributed by atoms with E-state index in [2.05, 4.69) is 10.6 Å². The predicted octanol–water partition coefficient (Wildman–Crippen LogP) is 2.38. The van der Waals surface area contributed by atoms with E-state index < -0.39 is 12.0 Å². The van der Waals surface area contributed by atoms with Gasteiger partial charge in [0.05, 0.1) is 23.9 Å². The number of hydrogen-bond acceptors (Lipinski definition) is 4. The molecule has 2 N–H and O–H groups in total. The zero-order chi connectivity index (χ0) is 18.6. The van der Waals surface area contributed by atoms with Crippen molar-refractivity contribution in [2.45, 2.75) is 45.7 Å². The molecule has 0 radical (unpaired) electrons. The van der Waals surface area contributed by atoms with Crippen molar-refractivity contribution < 1.29 is 19.1 Å². The van der Waals surface area contributed by atoms with Crippen LogP contribution in [0.3, 0.4) is 0 Å². The van der Waals surface area contributed by atoms with Crippen LogP contribution in [-0.4, -0.2) is 47.5 Å². The molecule has 0 bridgehead atoms. The maximum atomic E-state index is 12.3. The predicted molar refractivity (Wildman–Crippen MR) is 94.4 cm³/mol. The minimum absolute atomic E-state index is 0.0183. The summed E-state index contributed by atoms with van der Waals surface area (Å²) in [4.78, 5) is 38.0. The third kappa shape index (κ3) is 4.71. The molecule has 1 aromatic carbocycles. The van der Waals surface area contributed by atoms with Gasteiger partial charge in [-0.3, -0.25) is 4.79 Å². The van der Waals surface area contributed by atoms with Gasteiger partial charge >= 0.3 is 12.0 Å². The third-order valence-electron chi connectivity index (χ3n) is 3.94. The molecule has 0 spiro atoms. The molecule has 7 nitrogen and oxygen atoms in total. The first-order valence-corrected chi connectivity index (χ1v) is 8.36. The lowest BCUT2D eigenvalue weighted by atomic mass is 10.1. The monoisotopic (exact) mass is 347 g/mol. The zero-order valence-electron chi connectivity index (χ0n) is 15.1. The van der Waals surface area contributed by atoms with Gasteiger partial charge in [-0.25, -0.2) is 9.59 Å². The summed E-state index contributed by atoms with van der Waals surface area (Å²) in [5.74, 6) is -0.474. The second-order valence-electron chi connectivity index (χ2n) is 6.94. The average Bonchev–Trinajstić information content (AvgIpc) is 2.88. The molecular formula is C18H25N3O4. The maximum Gasteiger partial charge on any atom is 0.340 e. The fraction of sp³-hybridized carbons (Fsp3) is 0.500. The molecule has 25 heavy (non-hydrogen) atoms. The molecule has 1 atom stereocenters. The Balaban J connectivity index is 2.00. The lowest BCUT2D eigenvalue weighted by Gasteiger charge is -2.32. The van der Waals surface area contributed by atoms with Crippen molar-refractivity contribution in [1.82, 2.24) is 10.2 Å². The SMILES string of the molecule is CCOC(=O)c1ccccc1NC(=O)NC1CC(=O)N(C(C)(C)C)C1. The number of likely N-dealkylation sites (tertiary alicyclic amines) is 1. The standard InChI is InChI=1S/C18H25N3O4/c1-5-25-16(23)13-8-6-7-9-14(13)20-17(24)19-12-10-15(22)21(11-12)18(2,3)4/h6-9,12H,5,10-11H2,1-4H3,(H2,19,20,24). The zero-order valence-corrected chi connectivity index (χ0v) is 15.1. The summed E-state index contributed by atoms with van der Waals surface area (Å²) in [5.41, 5.74) is 0.384. The second kappa shape index (κ2) is 7.55. The first kappa shape index (κ1) is 18.8. The highest BCUT2D eigenvalue weighted by Crippen LogP contribution is 2.22. The Labute approximate surface area is 147 Å². The molecule has 2 rings (SSSR count). The number of carbonyl (C=O) groups excluding carboxylic acids is 3.